The number of hydrogen-bond donors (Lipinski definition) is 2. The van der Waals surface area contributed by atoms with Crippen molar-refractivity contribution in [1.82, 2.24) is 5.32 Å². The van der Waals surface area contributed by atoms with Crippen LogP contribution in [0.3, 0.4) is 0 Å². The van der Waals surface area contributed by atoms with E-state index >= 15 is 0 Å². The minimum absolute atomic E-state index is 0.0117. The number of nitriles is 1. The van der Waals surface area contributed by atoms with Gasteiger partial charge >= 0.3 is 0 Å². The summed E-state index contributed by atoms with van der Waals surface area (Å²) in [6.45, 7) is 2.00. The Bertz CT molecular complexity index is 318. The lowest BCUT2D eigenvalue weighted by Crippen LogP contribution is -2.29. The van der Waals surface area contributed by atoms with Crippen LogP contribution in [0.5, 0.6) is 0 Å². The van der Waals surface area contributed by atoms with Gasteiger partial charge in [0, 0.05) is 12.3 Å². The number of carbonyl (C=O) groups is 1. The quantitative estimate of drug-likeness (QED) is 0.240. The molecule has 0 aliphatic heterocycles. The fourth-order valence-corrected chi connectivity index (χ4v) is 1.12. The van der Waals surface area contributed by atoms with Gasteiger partial charge in [0.2, 0.25) is 6.19 Å². The Labute approximate surface area is 92.9 Å². The van der Waals surface area contributed by atoms with Crippen LogP contribution in [-0.4, -0.2) is 35.3 Å². The average Bonchev–Trinajstić information content (AvgIpc) is 2.19. The first-order valence-corrected chi connectivity index (χ1v) is 5.62. The molecule has 0 bridgehead atoms. The predicted octanol–water partition coefficient (Wildman–Crippen LogP) is 0.849. The largest absolute Gasteiger partial charge is 0.515 e. The molecule has 1 amide bonds. The lowest BCUT2D eigenvalue weighted by atomic mass is 10.2. The molecule has 0 saturated carbocycles. The molecule has 0 heterocycles. The van der Waals surface area contributed by atoms with E-state index in [0.29, 0.717) is 12.8 Å². The van der Waals surface area contributed by atoms with Crippen molar-refractivity contribution in [3.05, 3.63) is 11.8 Å². The highest BCUT2D eigenvalue weighted by Crippen LogP contribution is 1.98. The fraction of sp³-hybridized carbons (Fsp3) is 0.444. The van der Waals surface area contributed by atoms with Gasteiger partial charge in [-0.1, -0.05) is 0 Å². The average molecular weight is 227 g/mol. The maximum absolute atomic E-state index is 11.4. The minimum atomic E-state index is -0.428. The first-order valence-electron chi connectivity index (χ1n) is 4.22. The van der Waals surface area contributed by atoms with Gasteiger partial charge in [-0.15, -0.1) is 0 Å². The third kappa shape index (κ3) is 5.08. The van der Waals surface area contributed by atoms with Gasteiger partial charge in [0.25, 0.3) is 5.91 Å². The van der Waals surface area contributed by atoms with Gasteiger partial charge in [0.05, 0.1) is 17.5 Å². The number of amides is 1. The number of nitrogens with zero attached hydrogens (tertiary/aromatic N) is 2. The summed E-state index contributed by atoms with van der Waals surface area (Å²) in [5.74, 6) is 0.363. The SMILES string of the molecule is CSCCNC(=O)/C(=C\O)C(C)=NC#N. The first-order chi connectivity index (χ1) is 7.17. The number of nitrogens with one attached hydrogen (secondary N) is 1. The summed E-state index contributed by atoms with van der Waals surface area (Å²) in [6, 6.07) is 0. The molecule has 0 radical (unpaired) electrons. The van der Waals surface area contributed by atoms with Crippen LogP contribution in [0.4, 0.5) is 0 Å². The zero-order valence-corrected chi connectivity index (χ0v) is 9.47. The van der Waals surface area contributed by atoms with Crippen LogP contribution in [0, 0.1) is 11.5 Å². The van der Waals surface area contributed by atoms with Crippen molar-refractivity contribution in [2.75, 3.05) is 18.6 Å². The second kappa shape index (κ2) is 7.88. The number of rotatable bonds is 5. The van der Waals surface area contributed by atoms with Gasteiger partial charge in [-0.2, -0.15) is 22.0 Å². The molecule has 15 heavy (non-hydrogen) atoms. The fourth-order valence-electron chi connectivity index (χ4n) is 0.813. The van der Waals surface area contributed by atoms with E-state index in [4.69, 9.17) is 10.4 Å². The standard InChI is InChI=1S/C9H13N3O2S/c1-7(12-6-10)8(5-13)9(14)11-3-4-15-2/h5,13H,3-4H2,1-2H3,(H,11,14)/b8-5-,12-7?. The Morgan fingerprint density at radius 2 is 2.40 bits per heavy atom. The van der Waals surface area contributed by atoms with Crippen LogP contribution in [0.1, 0.15) is 6.92 Å². The van der Waals surface area contributed by atoms with E-state index in [2.05, 4.69) is 10.3 Å². The molecule has 0 saturated heterocycles. The van der Waals surface area contributed by atoms with E-state index in [1.54, 1.807) is 18.0 Å². The molecule has 2 N–H and O–H groups in total. The van der Waals surface area contributed by atoms with Crippen LogP contribution < -0.4 is 5.32 Å². The van der Waals surface area contributed by atoms with E-state index in [1.165, 1.54) is 6.92 Å². The Kier molecular flexibility index (Phi) is 7.10. The second-order valence-electron chi connectivity index (χ2n) is 2.59. The third-order valence-corrected chi connectivity index (χ3v) is 2.19. The van der Waals surface area contributed by atoms with E-state index in [0.717, 1.165) is 5.75 Å². The Hall–Kier alpha value is -1.48. The van der Waals surface area contributed by atoms with Crippen molar-refractivity contribution in [3.8, 4) is 6.19 Å². The van der Waals surface area contributed by atoms with Crippen molar-refractivity contribution in [2.24, 2.45) is 4.99 Å². The summed E-state index contributed by atoms with van der Waals surface area (Å²) in [4.78, 5) is 14.8. The summed E-state index contributed by atoms with van der Waals surface area (Å²) in [5, 5.41) is 19.7. The monoisotopic (exact) mass is 227 g/mol. The third-order valence-electron chi connectivity index (χ3n) is 1.57. The molecule has 0 spiro atoms. The summed E-state index contributed by atoms with van der Waals surface area (Å²) >= 11 is 1.60. The molecule has 0 fully saturated rings. The number of aliphatic imine (C=N–C) groups is 1. The molecule has 0 aliphatic carbocycles. The molecule has 0 aliphatic rings. The normalized spacial score (nSPS) is 12.1. The van der Waals surface area contributed by atoms with E-state index in [-0.39, 0.29) is 11.3 Å². The van der Waals surface area contributed by atoms with E-state index < -0.39 is 5.91 Å². The smallest absolute Gasteiger partial charge is 0.256 e. The summed E-state index contributed by atoms with van der Waals surface area (Å²) < 4.78 is 0. The van der Waals surface area contributed by atoms with Crippen LogP contribution >= 0.6 is 11.8 Å². The van der Waals surface area contributed by atoms with Crippen molar-refractivity contribution in [3.63, 3.8) is 0 Å². The molecule has 82 valence electrons. The first kappa shape index (κ1) is 13.5. The number of aliphatic hydroxyl groups excluding tert-OH is 1. The number of thioether (sulfide) groups is 1. The Balaban J connectivity index is 4.39. The molecule has 0 aromatic rings. The molecule has 0 aromatic heterocycles. The van der Waals surface area contributed by atoms with E-state index in [1.807, 2.05) is 6.26 Å². The van der Waals surface area contributed by atoms with Crippen molar-refractivity contribution in [2.45, 2.75) is 6.92 Å². The van der Waals surface area contributed by atoms with Crippen LogP contribution in [-0.2, 0) is 4.79 Å². The molecule has 0 aromatic carbocycles. The predicted molar refractivity (Wildman–Crippen MR) is 60.8 cm³/mol. The number of aliphatic hydroxyl groups is 1. The van der Waals surface area contributed by atoms with Gasteiger partial charge in [-0.3, -0.25) is 4.79 Å². The van der Waals surface area contributed by atoms with Crippen molar-refractivity contribution in [1.29, 1.82) is 5.26 Å². The highest BCUT2D eigenvalue weighted by Gasteiger charge is 2.12. The molecular weight excluding hydrogens is 214 g/mol. The highest BCUT2D eigenvalue weighted by molar-refractivity contribution is 7.98. The zero-order valence-electron chi connectivity index (χ0n) is 8.65. The van der Waals surface area contributed by atoms with E-state index in [9.17, 15) is 4.79 Å². The topological polar surface area (TPSA) is 85.5 Å². The lowest BCUT2D eigenvalue weighted by molar-refractivity contribution is -0.116. The number of hydrogen-bond acceptors (Lipinski definition) is 5. The molecule has 6 heteroatoms. The molecule has 0 unspecified atom stereocenters. The zero-order chi connectivity index (χ0) is 11.7. The maximum Gasteiger partial charge on any atom is 0.256 e. The van der Waals surface area contributed by atoms with Gasteiger partial charge in [0.15, 0.2) is 0 Å². The summed E-state index contributed by atoms with van der Waals surface area (Å²) in [7, 11) is 0. The highest BCUT2D eigenvalue weighted by atomic mass is 32.2. The van der Waals surface area contributed by atoms with Crippen molar-refractivity contribution < 1.29 is 9.90 Å². The van der Waals surface area contributed by atoms with Gasteiger partial charge in [-0.05, 0) is 13.2 Å². The maximum atomic E-state index is 11.4. The number of carbonyl (C=O) groups excluding carboxylic acids is 1. The lowest BCUT2D eigenvalue weighted by Gasteiger charge is -2.05. The van der Waals surface area contributed by atoms with Gasteiger partial charge < -0.3 is 10.4 Å². The Morgan fingerprint density at radius 3 is 2.87 bits per heavy atom. The van der Waals surface area contributed by atoms with Crippen molar-refractivity contribution >= 4 is 23.4 Å². The summed E-state index contributed by atoms with van der Waals surface area (Å²) in [5.41, 5.74) is 0.208. The van der Waals surface area contributed by atoms with Crippen LogP contribution in [0.25, 0.3) is 0 Å². The summed E-state index contributed by atoms with van der Waals surface area (Å²) in [6.07, 6.45) is 4.14. The Morgan fingerprint density at radius 1 is 1.73 bits per heavy atom. The van der Waals surface area contributed by atoms with Gasteiger partial charge in [0.1, 0.15) is 0 Å². The molecule has 5 nitrogen and oxygen atoms in total. The minimum Gasteiger partial charge on any atom is -0.515 e. The second-order valence-corrected chi connectivity index (χ2v) is 3.57. The molecular formula is C9H13N3O2S. The van der Waals surface area contributed by atoms with Crippen LogP contribution in [0.15, 0.2) is 16.8 Å². The van der Waals surface area contributed by atoms with Crippen LogP contribution in [0.2, 0.25) is 0 Å². The molecule has 0 rings (SSSR count). The molecule has 0 atom stereocenters. The van der Waals surface area contributed by atoms with Gasteiger partial charge in [-0.25, -0.2) is 0 Å².